The number of alkyl halides is 34. The van der Waals surface area contributed by atoms with E-state index >= 15 is 0 Å². The van der Waals surface area contributed by atoms with Gasteiger partial charge in [0, 0.05) is 25.3 Å². The van der Waals surface area contributed by atoms with Crippen LogP contribution in [-0.2, 0) is 0 Å². The SMILES string of the molecule is FC(F)(F)C(F)(F)C(F)(F)C(F)(F)C(F)(F)C(F)(F)C(F)(F)C(F)(F)CCCOc1ccc(C=Nc2ccc(-c3ccc(N=Cc4ccc(OCCCC(F)(F)C(F)(F)C(F)(F)C(F)(F)C(F)(F)C(F)(F)C(F)(F)C(F)(F)F)cc4)cc3)cc2)cc1. The van der Waals surface area contributed by atoms with Crippen molar-refractivity contribution in [2.45, 2.75) is 121 Å². The third kappa shape index (κ3) is 12.6. The van der Waals surface area contributed by atoms with Crippen molar-refractivity contribution in [1.29, 1.82) is 0 Å². The second-order valence-corrected chi connectivity index (χ2v) is 17.9. The Morgan fingerprint density at radius 2 is 0.488 bits per heavy atom. The van der Waals surface area contributed by atoms with Gasteiger partial charge >= 0.3 is 95.3 Å². The number of rotatable bonds is 27. The normalized spacial score (nSPS) is 15.0. The van der Waals surface area contributed by atoms with Crippen molar-refractivity contribution >= 4 is 23.8 Å². The molecule has 0 saturated carbocycles. The summed E-state index contributed by atoms with van der Waals surface area (Å²) in [6.45, 7) is -2.30. The third-order valence-electron chi connectivity index (χ3n) is 11.9. The van der Waals surface area contributed by atoms with Crippen LogP contribution in [0.5, 0.6) is 11.5 Å². The number of ether oxygens (including phenoxy) is 2. The highest BCUT2D eigenvalue weighted by Gasteiger charge is 2.97. The molecule has 38 heteroatoms. The number of aliphatic imine (C=N–C) groups is 2. The van der Waals surface area contributed by atoms with Crippen molar-refractivity contribution in [2.24, 2.45) is 9.98 Å². The predicted octanol–water partition coefficient (Wildman–Crippen LogP) is 19.2. The van der Waals surface area contributed by atoms with Crippen LogP contribution >= 0.6 is 0 Å². The van der Waals surface area contributed by atoms with Crippen molar-refractivity contribution in [3.63, 3.8) is 0 Å². The van der Waals surface area contributed by atoms with E-state index in [9.17, 15) is 149 Å². The number of benzene rings is 4. The molecule has 4 aromatic rings. The molecule has 0 unspecified atom stereocenters. The van der Waals surface area contributed by atoms with Gasteiger partial charge in [-0.2, -0.15) is 149 Å². The first-order valence-corrected chi connectivity index (χ1v) is 22.7. The van der Waals surface area contributed by atoms with Crippen LogP contribution in [0.3, 0.4) is 0 Å². The van der Waals surface area contributed by atoms with Crippen molar-refractivity contribution in [3.05, 3.63) is 108 Å². The van der Waals surface area contributed by atoms with Crippen molar-refractivity contribution in [1.82, 2.24) is 0 Å². The van der Waals surface area contributed by atoms with Crippen LogP contribution in [0.25, 0.3) is 11.1 Å². The Hall–Kier alpha value is -6.56. The van der Waals surface area contributed by atoms with Crippen LogP contribution in [0.15, 0.2) is 107 Å². The summed E-state index contributed by atoms with van der Waals surface area (Å²) in [5, 5.41) is 0. The van der Waals surface area contributed by atoms with E-state index in [0.717, 1.165) is 24.3 Å². The second-order valence-electron chi connectivity index (χ2n) is 17.9. The Morgan fingerprint density at radius 3 is 0.721 bits per heavy atom. The maximum atomic E-state index is 14.2. The monoisotopic (exact) mass is 1310 g/mol. The van der Waals surface area contributed by atoms with Gasteiger partial charge in [0.05, 0.1) is 24.6 Å². The van der Waals surface area contributed by atoms with Gasteiger partial charge in [0.15, 0.2) is 0 Å². The minimum Gasteiger partial charge on any atom is -0.494 e. The van der Waals surface area contributed by atoms with Gasteiger partial charge < -0.3 is 9.47 Å². The van der Waals surface area contributed by atoms with Crippen LogP contribution in [-0.4, -0.2) is 121 Å². The molecule has 0 saturated heterocycles. The number of halogens is 34. The fourth-order valence-electron chi connectivity index (χ4n) is 6.75. The summed E-state index contributed by atoms with van der Waals surface area (Å²) in [6, 6.07) is 21.9. The van der Waals surface area contributed by atoms with Crippen LogP contribution < -0.4 is 9.47 Å². The van der Waals surface area contributed by atoms with Gasteiger partial charge in [-0.1, -0.05) is 24.3 Å². The van der Waals surface area contributed by atoms with Gasteiger partial charge in [-0.05, 0) is 108 Å². The molecule has 4 rings (SSSR count). The molecular formula is C48H30F34N2O2. The molecule has 0 amide bonds. The van der Waals surface area contributed by atoms with Crippen LogP contribution in [0.4, 0.5) is 161 Å². The molecule has 0 aliphatic carbocycles. The summed E-state index contributed by atoms with van der Waals surface area (Å²) >= 11 is 0. The van der Waals surface area contributed by atoms with E-state index in [1.165, 1.54) is 61.0 Å². The first-order chi connectivity index (χ1) is 38.5. The highest BCUT2D eigenvalue weighted by atomic mass is 19.4. The van der Waals surface area contributed by atoms with E-state index in [2.05, 4.69) is 9.98 Å². The lowest BCUT2D eigenvalue weighted by atomic mass is 9.88. The Morgan fingerprint density at radius 1 is 0.267 bits per heavy atom. The van der Waals surface area contributed by atoms with Gasteiger partial charge in [0.2, 0.25) is 0 Å². The molecule has 0 aromatic heterocycles. The number of hydrogen-bond donors (Lipinski definition) is 0. The summed E-state index contributed by atoms with van der Waals surface area (Å²) in [4.78, 5) is 8.38. The molecule has 0 bridgehead atoms. The third-order valence-corrected chi connectivity index (χ3v) is 11.9. The van der Waals surface area contributed by atoms with Gasteiger partial charge in [-0.25, -0.2) is 0 Å². The zero-order valence-corrected chi connectivity index (χ0v) is 41.2. The molecular weight excluding hydrogens is 1280 g/mol. The lowest BCUT2D eigenvalue weighted by molar-refractivity contribution is -0.461. The quantitative estimate of drug-likeness (QED) is 0.0339. The summed E-state index contributed by atoms with van der Waals surface area (Å²) in [7, 11) is 0. The fraction of sp³-hybridized carbons (Fsp3) is 0.458. The largest absolute Gasteiger partial charge is 0.494 e. The van der Waals surface area contributed by atoms with Crippen molar-refractivity contribution in [3.8, 4) is 22.6 Å². The smallest absolute Gasteiger partial charge is 0.460 e. The standard InChI is InChI=1S/C48H30F34N2O2/c49-33(50,35(53,54)37(57,58)39(61,62)41(65,66)43(69,70)45(73,74)47(77,78)79)19-1-21-85-31-15-3-25(4-16-31)23-83-29-11-7-27(8-12-29)28-9-13-30(14-10-28)84-24-26-5-17-32(18-6-26)86-22-2-20-34(51,52)36(55,56)38(59,60)40(63,64)42(67,68)44(71,72)46(75,76)48(80,81)82/h3-18,23-24H,1-2,19-22H2. The zero-order chi connectivity index (χ0) is 66.4. The first-order valence-electron chi connectivity index (χ1n) is 22.7. The summed E-state index contributed by atoms with van der Waals surface area (Å²) < 4.78 is 469. The minimum absolute atomic E-state index is 0.268. The number of hydrogen-bond acceptors (Lipinski definition) is 4. The molecule has 86 heavy (non-hydrogen) atoms. The Labute approximate surface area is 457 Å². The van der Waals surface area contributed by atoms with E-state index < -0.39 is 134 Å². The molecule has 0 fully saturated rings. The van der Waals surface area contributed by atoms with E-state index in [-0.39, 0.29) is 11.5 Å². The molecule has 4 nitrogen and oxygen atoms in total. The van der Waals surface area contributed by atoms with Gasteiger partial charge in [0.25, 0.3) is 0 Å². The van der Waals surface area contributed by atoms with Crippen LogP contribution in [0.1, 0.15) is 36.8 Å². The molecule has 0 aliphatic rings. The van der Waals surface area contributed by atoms with E-state index in [0.29, 0.717) is 33.6 Å². The highest BCUT2D eigenvalue weighted by molar-refractivity contribution is 5.83. The highest BCUT2D eigenvalue weighted by Crippen LogP contribution is 2.66. The fourth-order valence-corrected chi connectivity index (χ4v) is 6.75. The Kier molecular flexibility index (Phi) is 19.7. The van der Waals surface area contributed by atoms with Gasteiger partial charge in [-0.15, -0.1) is 0 Å². The summed E-state index contributed by atoms with van der Waals surface area (Å²) in [5.74, 6) is -115. The lowest BCUT2D eigenvalue weighted by Crippen LogP contribution is -2.74. The molecule has 482 valence electrons. The van der Waals surface area contributed by atoms with Crippen LogP contribution in [0.2, 0.25) is 0 Å². The number of nitrogens with zero attached hydrogens (tertiary/aromatic N) is 2. The average Bonchev–Trinajstić information content (AvgIpc) is 0.708. The van der Waals surface area contributed by atoms with Gasteiger partial charge in [0.1, 0.15) is 11.5 Å². The topological polar surface area (TPSA) is 43.2 Å². The predicted molar refractivity (Wildman–Crippen MR) is 230 cm³/mol. The molecule has 0 spiro atoms. The zero-order valence-electron chi connectivity index (χ0n) is 41.2. The first kappa shape index (κ1) is 71.9. The van der Waals surface area contributed by atoms with Crippen LogP contribution in [0, 0.1) is 0 Å². The lowest BCUT2D eigenvalue weighted by Gasteiger charge is -2.42. The summed E-state index contributed by atoms with van der Waals surface area (Å²) in [6.07, 6.45) is -21.6. The maximum Gasteiger partial charge on any atom is 0.460 e. The Balaban J connectivity index is 1.27. The van der Waals surface area contributed by atoms with Crippen molar-refractivity contribution < 1.29 is 159 Å². The molecule has 0 heterocycles. The molecule has 0 aliphatic heterocycles. The second kappa shape index (κ2) is 23.5. The van der Waals surface area contributed by atoms with E-state index in [1.54, 1.807) is 24.3 Å². The van der Waals surface area contributed by atoms with E-state index in [1.807, 2.05) is 0 Å². The maximum absolute atomic E-state index is 14.2. The average molecular weight is 1310 g/mol. The van der Waals surface area contributed by atoms with Crippen molar-refractivity contribution in [2.75, 3.05) is 13.2 Å². The molecule has 4 aromatic carbocycles. The molecule has 0 N–H and O–H groups in total. The minimum atomic E-state index is -8.73. The molecule has 0 radical (unpaired) electrons. The Bertz CT molecular complexity index is 2770. The molecule has 0 atom stereocenters. The summed E-state index contributed by atoms with van der Waals surface area (Å²) in [5.41, 5.74) is 2.49. The van der Waals surface area contributed by atoms with E-state index in [4.69, 9.17) is 9.47 Å². The van der Waals surface area contributed by atoms with Gasteiger partial charge in [-0.3, -0.25) is 9.98 Å².